The molecule has 0 bridgehead atoms. The molecule has 5 nitrogen and oxygen atoms in total. The molecule has 1 aromatic heterocycles. The van der Waals surface area contributed by atoms with E-state index in [1.165, 1.54) is 18.3 Å². The number of aliphatic hydroxyl groups excluding tert-OH is 1. The van der Waals surface area contributed by atoms with E-state index >= 15 is 0 Å². The standard InChI is InChI=1S/C13H15ClN2O3S/c1-3-16-12(11(14)8-15-16)13(17)9-5-4-6-10(7-9)20(2,18)19/h4-8,13,17H,3H2,1-2H3. The molecule has 20 heavy (non-hydrogen) atoms. The van der Waals surface area contributed by atoms with Crippen molar-refractivity contribution in [3.8, 4) is 0 Å². The summed E-state index contributed by atoms with van der Waals surface area (Å²) in [5.41, 5.74) is 0.921. The van der Waals surface area contributed by atoms with Crippen molar-refractivity contribution in [1.29, 1.82) is 0 Å². The molecule has 108 valence electrons. The van der Waals surface area contributed by atoms with Crippen molar-refractivity contribution in [2.45, 2.75) is 24.5 Å². The Morgan fingerprint density at radius 2 is 2.15 bits per heavy atom. The average molecular weight is 315 g/mol. The number of halogens is 1. The highest BCUT2D eigenvalue weighted by molar-refractivity contribution is 7.90. The summed E-state index contributed by atoms with van der Waals surface area (Å²) in [6.07, 6.45) is 1.57. The van der Waals surface area contributed by atoms with Crippen molar-refractivity contribution in [2.24, 2.45) is 0 Å². The number of benzene rings is 1. The first-order valence-corrected chi connectivity index (χ1v) is 8.30. The van der Waals surface area contributed by atoms with Gasteiger partial charge in [0.15, 0.2) is 9.84 Å². The minimum atomic E-state index is -3.32. The normalized spacial score (nSPS) is 13.4. The molecular formula is C13H15ClN2O3S. The van der Waals surface area contributed by atoms with Crippen LogP contribution in [0.4, 0.5) is 0 Å². The molecule has 0 aliphatic carbocycles. The van der Waals surface area contributed by atoms with Gasteiger partial charge in [0, 0.05) is 12.8 Å². The fourth-order valence-electron chi connectivity index (χ4n) is 1.97. The van der Waals surface area contributed by atoms with Crippen LogP contribution in [0.15, 0.2) is 35.4 Å². The summed E-state index contributed by atoms with van der Waals surface area (Å²) in [7, 11) is -3.32. The van der Waals surface area contributed by atoms with Gasteiger partial charge in [0.05, 0.1) is 21.8 Å². The van der Waals surface area contributed by atoms with E-state index in [1.807, 2.05) is 6.92 Å². The molecule has 0 aliphatic heterocycles. The summed E-state index contributed by atoms with van der Waals surface area (Å²) < 4.78 is 24.7. The van der Waals surface area contributed by atoms with Crippen LogP contribution in [0, 0.1) is 0 Å². The molecule has 0 aliphatic rings. The maximum Gasteiger partial charge on any atom is 0.175 e. The smallest absolute Gasteiger partial charge is 0.175 e. The number of rotatable bonds is 4. The topological polar surface area (TPSA) is 72.2 Å². The second-order valence-electron chi connectivity index (χ2n) is 4.44. The second kappa shape index (κ2) is 5.55. The van der Waals surface area contributed by atoms with Gasteiger partial charge in [0.1, 0.15) is 6.10 Å². The van der Waals surface area contributed by atoms with Gasteiger partial charge in [0.25, 0.3) is 0 Å². The molecule has 2 rings (SSSR count). The Hall–Kier alpha value is -1.37. The van der Waals surface area contributed by atoms with Crippen LogP contribution in [0.5, 0.6) is 0 Å². The van der Waals surface area contributed by atoms with E-state index in [0.29, 0.717) is 22.8 Å². The lowest BCUT2D eigenvalue weighted by molar-refractivity contribution is 0.208. The Bertz CT molecular complexity index is 725. The van der Waals surface area contributed by atoms with Gasteiger partial charge < -0.3 is 5.11 Å². The zero-order valence-corrected chi connectivity index (χ0v) is 12.7. The van der Waals surface area contributed by atoms with Gasteiger partial charge in [-0.2, -0.15) is 5.10 Å². The molecule has 0 fully saturated rings. The number of aliphatic hydroxyl groups is 1. The highest BCUT2D eigenvalue weighted by atomic mass is 35.5. The molecule has 1 aromatic carbocycles. The zero-order valence-electron chi connectivity index (χ0n) is 11.1. The quantitative estimate of drug-likeness (QED) is 0.937. The number of hydrogen-bond donors (Lipinski definition) is 1. The van der Waals surface area contributed by atoms with Gasteiger partial charge in [-0.3, -0.25) is 4.68 Å². The van der Waals surface area contributed by atoms with E-state index in [2.05, 4.69) is 5.10 Å². The third-order valence-corrected chi connectivity index (χ3v) is 4.40. The van der Waals surface area contributed by atoms with E-state index in [-0.39, 0.29) is 4.90 Å². The van der Waals surface area contributed by atoms with Crippen LogP contribution >= 0.6 is 11.6 Å². The lowest BCUT2D eigenvalue weighted by atomic mass is 10.1. The first-order chi connectivity index (χ1) is 9.34. The Morgan fingerprint density at radius 3 is 2.75 bits per heavy atom. The minimum absolute atomic E-state index is 0.160. The molecule has 0 saturated carbocycles. The van der Waals surface area contributed by atoms with Crippen molar-refractivity contribution in [1.82, 2.24) is 9.78 Å². The number of aromatic nitrogens is 2. The Morgan fingerprint density at radius 1 is 1.45 bits per heavy atom. The van der Waals surface area contributed by atoms with Crippen molar-refractivity contribution in [3.63, 3.8) is 0 Å². The third-order valence-electron chi connectivity index (χ3n) is 2.99. The number of aryl methyl sites for hydroxylation is 1. The molecule has 1 heterocycles. The lowest BCUT2D eigenvalue weighted by Gasteiger charge is -2.14. The molecule has 0 saturated heterocycles. The maximum atomic E-state index is 11.6. The first kappa shape index (κ1) is 15.0. The third kappa shape index (κ3) is 2.87. The van der Waals surface area contributed by atoms with E-state index < -0.39 is 15.9 Å². The lowest BCUT2D eigenvalue weighted by Crippen LogP contribution is -2.10. The molecule has 2 aromatic rings. The molecule has 1 atom stereocenters. The average Bonchev–Trinajstić information content (AvgIpc) is 2.78. The van der Waals surface area contributed by atoms with E-state index in [0.717, 1.165) is 6.26 Å². The SMILES string of the molecule is CCn1ncc(Cl)c1C(O)c1cccc(S(C)(=O)=O)c1. The zero-order chi connectivity index (χ0) is 14.9. The second-order valence-corrected chi connectivity index (χ2v) is 6.86. The van der Waals surface area contributed by atoms with Crippen LogP contribution in [-0.4, -0.2) is 29.6 Å². The first-order valence-electron chi connectivity index (χ1n) is 6.04. The number of sulfone groups is 1. The molecule has 7 heteroatoms. The van der Waals surface area contributed by atoms with Crippen molar-refractivity contribution in [2.75, 3.05) is 6.26 Å². The number of hydrogen-bond acceptors (Lipinski definition) is 4. The van der Waals surface area contributed by atoms with Gasteiger partial charge >= 0.3 is 0 Å². The fourth-order valence-corrected chi connectivity index (χ4v) is 2.89. The van der Waals surface area contributed by atoms with Crippen LogP contribution in [0.1, 0.15) is 24.3 Å². The monoisotopic (exact) mass is 314 g/mol. The van der Waals surface area contributed by atoms with Crippen LogP contribution in [0.3, 0.4) is 0 Å². The molecule has 0 amide bonds. The van der Waals surface area contributed by atoms with Gasteiger partial charge in [-0.05, 0) is 24.6 Å². The number of nitrogens with zero attached hydrogens (tertiary/aromatic N) is 2. The van der Waals surface area contributed by atoms with Crippen molar-refractivity contribution in [3.05, 3.63) is 46.7 Å². The Labute approximate surface area is 122 Å². The van der Waals surface area contributed by atoms with Gasteiger partial charge in [-0.15, -0.1) is 0 Å². The van der Waals surface area contributed by atoms with E-state index in [4.69, 9.17) is 11.6 Å². The van der Waals surface area contributed by atoms with Crippen LogP contribution in [-0.2, 0) is 16.4 Å². The van der Waals surface area contributed by atoms with Crippen molar-refractivity contribution < 1.29 is 13.5 Å². The molecular weight excluding hydrogens is 300 g/mol. The van der Waals surface area contributed by atoms with Gasteiger partial charge in [0.2, 0.25) is 0 Å². The predicted octanol–water partition coefficient (Wildman–Crippen LogP) is 2.04. The summed E-state index contributed by atoms with van der Waals surface area (Å²) in [4.78, 5) is 0.160. The highest BCUT2D eigenvalue weighted by Gasteiger charge is 2.20. The molecule has 1 unspecified atom stereocenters. The van der Waals surface area contributed by atoms with Crippen LogP contribution in [0.2, 0.25) is 5.02 Å². The predicted molar refractivity (Wildman–Crippen MR) is 76.5 cm³/mol. The Kier molecular flexibility index (Phi) is 4.17. The summed E-state index contributed by atoms with van der Waals surface area (Å²) in [5, 5.41) is 14.8. The molecule has 1 N–H and O–H groups in total. The summed E-state index contributed by atoms with van der Waals surface area (Å²) in [6.45, 7) is 2.44. The molecule has 0 spiro atoms. The Balaban J connectivity index is 2.49. The van der Waals surface area contributed by atoms with Gasteiger partial charge in [-0.25, -0.2) is 8.42 Å². The van der Waals surface area contributed by atoms with Crippen LogP contribution < -0.4 is 0 Å². The van der Waals surface area contributed by atoms with Crippen molar-refractivity contribution >= 4 is 21.4 Å². The molecule has 0 radical (unpaired) electrons. The summed E-state index contributed by atoms with van der Waals surface area (Å²) in [6, 6.07) is 6.19. The largest absolute Gasteiger partial charge is 0.382 e. The minimum Gasteiger partial charge on any atom is -0.382 e. The highest BCUT2D eigenvalue weighted by Crippen LogP contribution is 2.29. The van der Waals surface area contributed by atoms with E-state index in [9.17, 15) is 13.5 Å². The van der Waals surface area contributed by atoms with E-state index in [1.54, 1.807) is 16.8 Å². The maximum absolute atomic E-state index is 11.6. The summed E-state index contributed by atoms with van der Waals surface area (Å²) in [5.74, 6) is 0. The van der Waals surface area contributed by atoms with Gasteiger partial charge in [-0.1, -0.05) is 23.7 Å². The van der Waals surface area contributed by atoms with Crippen LogP contribution in [0.25, 0.3) is 0 Å². The fraction of sp³-hybridized carbons (Fsp3) is 0.308. The summed E-state index contributed by atoms with van der Waals surface area (Å²) >= 11 is 6.04.